The average molecular weight is 358 g/mol. The van der Waals surface area contributed by atoms with Crippen molar-refractivity contribution < 1.29 is 4.92 Å². The molecule has 2 aromatic heterocycles. The van der Waals surface area contributed by atoms with Gasteiger partial charge in [-0.3, -0.25) is 10.1 Å². The van der Waals surface area contributed by atoms with E-state index >= 15 is 0 Å². The van der Waals surface area contributed by atoms with E-state index in [1.807, 2.05) is 43.5 Å². The number of benzene rings is 1. The van der Waals surface area contributed by atoms with Crippen molar-refractivity contribution in [1.82, 2.24) is 9.55 Å². The van der Waals surface area contributed by atoms with E-state index in [9.17, 15) is 15.4 Å². The zero-order chi connectivity index (χ0) is 19.6. The summed E-state index contributed by atoms with van der Waals surface area (Å²) in [5.74, 6) is 0.818. The first-order valence-electron chi connectivity index (χ1n) is 8.39. The molecule has 0 spiro atoms. The molecule has 0 aliphatic heterocycles. The first-order chi connectivity index (χ1) is 12.9. The molecule has 0 saturated carbocycles. The highest BCUT2D eigenvalue weighted by Gasteiger charge is 2.13. The Bertz CT molecular complexity index is 1100. The molecular weight excluding hydrogens is 340 g/mol. The maximum Gasteiger partial charge on any atom is 0.270 e. The average Bonchev–Trinajstić information content (AvgIpc) is 2.93. The molecule has 1 aromatic carbocycles. The van der Waals surface area contributed by atoms with Gasteiger partial charge in [0.1, 0.15) is 5.82 Å². The number of hydrogen-bond acceptors (Lipinski definition) is 4. The molecule has 6 nitrogen and oxygen atoms in total. The molecule has 6 heteroatoms. The van der Waals surface area contributed by atoms with Gasteiger partial charge in [0.25, 0.3) is 5.69 Å². The molecule has 3 aromatic rings. The fraction of sp³-hybridized carbons (Fsp3) is 0.143. The number of aryl methyl sites for hydroxylation is 2. The predicted octanol–water partition coefficient (Wildman–Crippen LogP) is 4.77. The molecule has 0 aliphatic rings. The monoisotopic (exact) mass is 358 g/mol. The topological polar surface area (TPSA) is 84.8 Å². The van der Waals surface area contributed by atoms with Gasteiger partial charge < -0.3 is 4.57 Å². The highest BCUT2D eigenvalue weighted by Crippen LogP contribution is 2.26. The lowest BCUT2D eigenvalue weighted by Gasteiger charge is -2.09. The minimum absolute atomic E-state index is 0.0388. The highest BCUT2D eigenvalue weighted by molar-refractivity contribution is 5.90. The molecule has 0 saturated heterocycles. The van der Waals surface area contributed by atoms with Crippen LogP contribution in [0.3, 0.4) is 0 Å². The van der Waals surface area contributed by atoms with Gasteiger partial charge in [0.15, 0.2) is 0 Å². The molecule has 0 aliphatic carbocycles. The summed E-state index contributed by atoms with van der Waals surface area (Å²) in [5, 5.41) is 20.6. The number of non-ortho nitro benzene ring substituents is 1. The largest absolute Gasteiger partial charge is 0.303 e. The molecule has 2 heterocycles. The third-order valence-electron chi connectivity index (χ3n) is 4.39. The lowest BCUT2D eigenvalue weighted by Crippen LogP contribution is -2.02. The molecule has 27 heavy (non-hydrogen) atoms. The molecular formula is C21H18N4O2. The number of nitriles is 1. The van der Waals surface area contributed by atoms with Gasteiger partial charge in [0, 0.05) is 29.7 Å². The van der Waals surface area contributed by atoms with E-state index in [-0.39, 0.29) is 5.69 Å². The van der Waals surface area contributed by atoms with Gasteiger partial charge in [0.2, 0.25) is 0 Å². The predicted molar refractivity (Wildman–Crippen MR) is 104 cm³/mol. The number of pyridine rings is 1. The molecule has 0 unspecified atom stereocenters. The van der Waals surface area contributed by atoms with Crippen LogP contribution in [0.2, 0.25) is 0 Å². The molecule has 0 atom stereocenters. The zero-order valence-corrected chi connectivity index (χ0v) is 15.3. The quantitative estimate of drug-likeness (QED) is 0.382. The third-order valence-corrected chi connectivity index (χ3v) is 4.39. The van der Waals surface area contributed by atoms with Gasteiger partial charge in [-0.25, -0.2) is 4.98 Å². The van der Waals surface area contributed by atoms with E-state index in [1.54, 1.807) is 24.4 Å². The number of hydrogen-bond donors (Lipinski definition) is 0. The lowest BCUT2D eigenvalue weighted by molar-refractivity contribution is -0.384. The number of allylic oxidation sites excluding steroid dienone is 1. The van der Waals surface area contributed by atoms with E-state index < -0.39 is 4.92 Å². The first kappa shape index (κ1) is 18.1. The smallest absolute Gasteiger partial charge is 0.270 e. The molecule has 0 amide bonds. The summed E-state index contributed by atoms with van der Waals surface area (Å²) in [6.45, 7) is 5.95. The summed E-state index contributed by atoms with van der Waals surface area (Å²) in [6.07, 6.45) is 3.52. The third kappa shape index (κ3) is 3.62. The van der Waals surface area contributed by atoms with Crippen molar-refractivity contribution in [3.8, 4) is 11.9 Å². The van der Waals surface area contributed by atoms with E-state index in [1.165, 1.54) is 12.1 Å². The zero-order valence-electron chi connectivity index (χ0n) is 15.3. The van der Waals surface area contributed by atoms with Gasteiger partial charge >= 0.3 is 0 Å². The highest BCUT2D eigenvalue weighted by atomic mass is 16.6. The summed E-state index contributed by atoms with van der Waals surface area (Å²) in [4.78, 5) is 15.0. The van der Waals surface area contributed by atoms with Crippen LogP contribution in [0.5, 0.6) is 0 Å². The van der Waals surface area contributed by atoms with Gasteiger partial charge in [-0.05, 0) is 61.7 Å². The van der Waals surface area contributed by atoms with Crippen molar-refractivity contribution in [2.45, 2.75) is 20.8 Å². The second-order valence-corrected chi connectivity index (χ2v) is 6.33. The molecule has 0 bridgehead atoms. The maximum atomic E-state index is 11.0. The number of nitro benzene ring substituents is 1. The van der Waals surface area contributed by atoms with Crippen molar-refractivity contribution in [2.24, 2.45) is 0 Å². The van der Waals surface area contributed by atoms with Crippen molar-refractivity contribution in [2.75, 3.05) is 0 Å². The Morgan fingerprint density at radius 3 is 2.67 bits per heavy atom. The Morgan fingerprint density at radius 1 is 1.22 bits per heavy atom. The van der Waals surface area contributed by atoms with E-state index in [0.717, 1.165) is 28.3 Å². The summed E-state index contributed by atoms with van der Waals surface area (Å²) in [7, 11) is 0. The van der Waals surface area contributed by atoms with E-state index in [0.29, 0.717) is 11.1 Å². The number of nitrogens with zero attached hydrogens (tertiary/aromatic N) is 4. The van der Waals surface area contributed by atoms with Gasteiger partial charge in [-0.2, -0.15) is 5.26 Å². The molecule has 0 N–H and O–H groups in total. The Hall–Kier alpha value is -3.72. The van der Waals surface area contributed by atoms with E-state index in [4.69, 9.17) is 0 Å². The SMILES string of the molecule is Cc1ccnc(-n2c(C)cc(C=C(C#N)c3cccc([N+](=O)[O-])c3)c2C)c1. The molecule has 3 rings (SSSR count). The van der Waals surface area contributed by atoms with Crippen LogP contribution in [0.15, 0.2) is 48.7 Å². The van der Waals surface area contributed by atoms with Crippen LogP contribution in [-0.4, -0.2) is 14.5 Å². The summed E-state index contributed by atoms with van der Waals surface area (Å²) < 4.78 is 2.03. The maximum absolute atomic E-state index is 11.0. The van der Waals surface area contributed by atoms with Crippen molar-refractivity contribution in [3.63, 3.8) is 0 Å². The van der Waals surface area contributed by atoms with Crippen LogP contribution in [0.1, 0.15) is 28.1 Å². The standard InChI is InChI=1S/C21H18N4O2/c1-14-7-8-23-21(9-14)24-15(2)10-18(16(24)3)11-19(13-22)17-5-4-6-20(12-17)25(26)27/h4-12H,1-3H3. The molecule has 0 radical (unpaired) electrons. The Labute approximate surface area is 157 Å². The normalized spacial score (nSPS) is 11.3. The van der Waals surface area contributed by atoms with Crippen molar-refractivity contribution in [3.05, 3.63) is 86.9 Å². The van der Waals surface area contributed by atoms with Crippen LogP contribution in [0.25, 0.3) is 17.5 Å². The number of aromatic nitrogens is 2. The molecule has 134 valence electrons. The first-order valence-corrected chi connectivity index (χ1v) is 8.39. The van der Waals surface area contributed by atoms with Crippen LogP contribution in [-0.2, 0) is 0 Å². The van der Waals surface area contributed by atoms with Crippen LogP contribution < -0.4 is 0 Å². The van der Waals surface area contributed by atoms with Gasteiger partial charge in [-0.15, -0.1) is 0 Å². The summed E-state index contributed by atoms with van der Waals surface area (Å²) in [6, 6.07) is 14.2. The Morgan fingerprint density at radius 2 is 2.00 bits per heavy atom. The molecule has 0 fully saturated rings. The van der Waals surface area contributed by atoms with Crippen molar-refractivity contribution >= 4 is 17.3 Å². The Balaban J connectivity index is 2.09. The second kappa shape index (κ2) is 7.26. The van der Waals surface area contributed by atoms with Gasteiger partial charge in [0.05, 0.1) is 16.6 Å². The minimum atomic E-state index is -0.465. The van der Waals surface area contributed by atoms with E-state index in [2.05, 4.69) is 11.1 Å². The van der Waals surface area contributed by atoms with Gasteiger partial charge in [-0.1, -0.05) is 12.1 Å². The minimum Gasteiger partial charge on any atom is -0.303 e. The second-order valence-electron chi connectivity index (χ2n) is 6.33. The lowest BCUT2D eigenvalue weighted by atomic mass is 10.0. The fourth-order valence-corrected chi connectivity index (χ4v) is 3.05. The number of nitro groups is 1. The van der Waals surface area contributed by atoms with Crippen LogP contribution in [0, 0.1) is 42.2 Å². The number of rotatable bonds is 4. The summed E-state index contributed by atoms with van der Waals surface area (Å²) in [5.41, 5.74) is 4.78. The summed E-state index contributed by atoms with van der Waals surface area (Å²) >= 11 is 0. The Kier molecular flexibility index (Phi) is 4.86. The van der Waals surface area contributed by atoms with Crippen LogP contribution >= 0.6 is 0 Å². The van der Waals surface area contributed by atoms with Crippen molar-refractivity contribution in [1.29, 1.82) is 5.26 Å². The van der Waals surface area contributed by atoms with Crippen LogP contribution in [0.4, 0.5) is 5.69 Å². The fourth-order valence-electron chi connectivity index (χ4n) is 3.05.